The van der Waals surface area contributed by atoms with E-state index in [9.17, 15) is 17.6 Å². The number of halogens is 1. The first kappa shape index (κ1) is 21.0. The molecule has 0 aliphatic rings. The molecule has 29 heavy (non-hydrogen) atoms. The van der Waals surface area contributed by atoms with Crippen LogP contribution >= 0.6 is 11.3 Å². The molecule has 0 spiro atoms. The molecule has 3 aromatic rings. The molecule has 0 atom stereocenters. The quantitative estimate of drug-likeness (QED) is 0.587. The Hall–Kier alpha value is -2.76. The van der Waals surface area contributed by atoms with E-state index in [1.54, 1.807) is 13.1 Å². The highest BCUT2D eigenvalue weighted by molar-refractivity contribution is 7.89. The summed E-state index contributed by atoms with van der Waals surface area (Å²) in [5, 5.41) is 3.66. The predicted octanol–water partition coefficient (Wildman–Crippen LogP) is 2.10. The third kappa shape index (κ3) is 5.40. The fraction of sp³-hybridized carbons (Fsp3) is 0.222. The largest absolute Gasteiger partial charge is 0.346 e. The molecular formula is C18H18FN5O3S2. The third-order valence-corrected chi connectivity index (χ3v) is 6.26. The molecule has 0 unspecified atom stereocenters. The molecule has 3 rings (SSSR count). The summed E-state index contributed by atoms with van der Waals surface area (Å²) in [7, 11) is -3.82. The first-order chi connectivity index (χ1) is 13.7. The van der Waals surface area contributed by atoms with Crippen LogP contribution in [-0.4, -0.2) is 29.3 Å². The highest BCUT2D eigenvalue weighted by atomic mass is 32.2. The zero-order valence-electron chi connectivity index (χ0n) is 15.6. The van der Waals surface area contributed by atoms with Gasteiger partial charge in [-0.1, -0.05) is 0 Å². The monoisotopic (exact) mass is 435 g/mol. The SMILES string of the molecule is Cc1ncc(CNC(=O)c2cnc(CNS(=O)(=O)c3ccc(F)cc3)c(C)n2)s1. The third-order valence-electron chi connectivity index (χ3n) is 3.93. The summed E-state index contributed by atoms with van der Waals surface area (Å²) in [4.78, 5) is 25.6. The van der Waals surface area contributed by atoms with Crippen LogP contribution in [0.3, 0.4) is 0 Å². The van der Waals surface area contributed by atoms with Gasteiger partial charge in [0.2, 0.25) is 10.0 Å². The maximum absolute atomic E-state index is 13.0. The van der Waals surface area contributed by atoms with E-state index in [-0.39, 0.29) is 23.0 Å². The number of benzene rings is 1. The van der Waals surface area contributed by atoms with E-state index in [1.165, 1.54) is 29.7 Å². The first-order valence-corrected chi connectivity index (χ1v) is 10.8. The van der Waals surface area contributed by atoms with Gasteiger partial charge in [-0.2, -0.15) is 0 Å². The minimum Gasteiger partial charge on any atom is -0.346 e. The van der Waals surface area contributed by atoms with Crippen molar-refractivity contribution in [2.75, 3.05) is 0 Å². The molecule has 11 heteroatoms. The van der Waals surface area contributed by atoms with Crippen molar-refractivity contribution < 1.29 is 17.6 Å². The van der Waals surface area contributed by atoms with Crippen LogP contribution in [0, 0.1) is 19.7 Å². The molecule has 0 aliphatic carbocycles. The lowest BCUT2D eigenvalue weighted by atomic mass is 10.3. The van der Waals surface area contributed by atoms with Crippen molar-refractivity contribution in [1.29, 1.82) is 0 Å². The zero-order valence-corrected chi connectivity index (χ0v) is 17.3. The van der Waals surface area contributed by atoms with E-state index in [1.807, 2.05) is 6.92 Å². The Balaban J connectivity index is 1.63. The number of carbonyl (C=O) groups is 1. The molecule has 0 aliphatic heterocycles. The van der Waals surface area contributed by atoms with Crippen LogP contribution in [0.2, 0.25) is 0 Å². The molecule has 0 radical (unpaired) electrons. The second-order valence-corrected chi connectivity index (χ2v) is 9.18. The molecule has 2 aromatic heterocycles. The van der Waals surface area contributed by atoms with Gasteiger partial charge in [-0.05, 0) is 38.1 Å². The number of hydrogen-bond donors (Lipinski definition) is 2. The van der Waals surface area contributed by atoms with E-state index < -0.39 is 15.8 Å². The second-order valence-electron chi connectivity index (χ2n) is 6.09. The summed E-state index contributed by atoms with van der Waals surface area (Å²) in [6.07, 6.45) is 3.00. The van der Waals surface area contributed by atoms with Gasteiger partial charge in [0.05, 0.1) is 40.6 Å². The van der Waals surface area contributed by atoms with Crippen molar-refractivity contribution >= 4 is 27.3 Å². The maximum Gasteiger partial charge on any atom is 0.271 e. The summed E-state index contributed by atoms with van der Waals surface area (Å²) in [6.45, 7) is 3.75. The lowest BCUT2D eigenvalue weighted by Crippen LogP contribution is -2.26. The van der Waals surface area contributed by atoms with Crippen LogP contribution in [0.4, 0.5) is 4.39 Å². The van der Waals surface area contributed by atoms with Crippen LogP contribution in [0.15, 0.2) is 41.6 Å². The van der Waals surface area contributed by atoms with Crippen molar-refractivity contribution in [3.63, 3.8) is 0 Å². The zero-order chi connectivity index (χ0) is 21.0. The van der Waals surface area contributed by atoms with Crippen LogP contribution in [-0.2, 0) is 23.1 Å². The van der Waals surface area contributed by atoms with Crippen LogP contribution in [0.1, 0.15) is 31.8 Å². The Morgan fingerprint density at radius 3 is 2.45 bits per heavy atom. The van der Waals surface area contributed by atoms with Gasteiger partial charge in [0.15, 0.2) is 0 Å². The van der Waals surface area contributed by atoms with Crippen molar-refractivity contribution in [3.05, 3.63) is 69.4 Å². The molecule has 0 bridgehead atoms. The Kier molecular flexibility index (Phi) is 6.30. The van der Waals surface area contributed by atoms with Gasteiger partial charge in [-0.25, -0.2) is 27.5 Å². The summed E-state index contributed by atoms with van der Waals surface area (Å²) in [5.74, 6) is -0.907. The smallest absolute Gasteiger partial charge is 0.271 e. The summed E-state index contributed by atoms with van der Waals surface area (Å²) in [5.41, 5.74) is 0.937. The normalized spacial score (nSPS) is 11.4. The average molecular weight is 436 g/mol. The fourth-order valence-electron chi connectivity index (χ4n) is 2.39. The van der Waals surface area contributed by atoms with Crippen LogP contribution < -0.4 is 10.0 Å². The molecular weight excluding hydrogens is 417 g/mol. The van der Waals surface area contributed by atoms with Crippen molar-refractivity contribution in [3.8, 4) is 0 Å². The summed E-state index contributed by atoms with van der Waals surface area (Å²) in [6, 6.07) is 4.49. The van der Waals surface area contributed by atoms with Crippen LogP contribution in [0.25, 0.3) is 0 Å². The Morgan fingerprint density at radius 2 is 1.83 bits per heavy atom. The van der Waals surface area contributed by atoms with Gasteiger partial charge in [0.1, 0.15) is 11.5 Å². The van der Waals surface area contributed by atoms with Crippen molar-refractivity contribution in [2.45, 2.75) is 31.8 Å². The minimum atomic E-state index is -3.82. The van der Waals surface area contributed by atoms with Gasteiger partial charge < -0.3 is 5.32 Å². The van der Waals surface area contributed by atoms with E-state index >= 15 is 0 Å². The number of hydrogen-bond acceptors (Lipinski definition) is 7. The van der Waals surface area contributed by atoms with Gasteiger partial charge in [-0.15, -0.1) is 11.3 Å². The van der Waals surface area contributed by atoms with E-state index in [4.69, 9.17) is 0 Å². The maximum atomic E-state index is 13.0. The number of aryl methyl sites for hydroxylation is 2. The molecule has 0 fully saturated rings. The number of aromatic nitrogens is 3. The highest BCUT2D eigenvalue weighted by Gasteiger charge is 2.16. The van der Waals surface area contributed by atoms with Gasteiger partial charge in [0.25, 0.3) is 5.91 Å². The van der Waals surface area contributed by atoms with Gasteiger partial charge in [-0.3, -0.25) is 9.78 Å². The number of nitrogens with zero attached hydrogens (tertiary/aromatic N) is 3. The first-order valence-electron chi connectivity index (χ1n) is 8.52. The lowest BCUT2D eigenvalue weighted by molar-refractivity contribution is 0.0945. The fourth-order valence-corrected chi connectivity index (χ4v) is 4.12. The Labute approximate surface area is 171 Å². The summed E-state index contributed by atoms with van der Waals surface area (Å²) < 4.78 is 39.9. The number of nitrogens with one attached hydrogen (secondary N) is 2. The van der Waals surface area contributed by atoms with E-state index in [0.717, 1.165) is 22.0 Å². The topological polar surface area (TPSA) is 114 Å². The molecule has 1 aromatic carbocycles. The number of thiazole rings is 1. The van der Waals surface area contributed by atoms with E-state index in [0.29, 0.717) is 17.9 Å². The van der Waals surface area contributed by atoms with Crippen molar-refractivity contribution in [1.82, 2.24) is 25.0 Å². The predicted molar refractivity (Wildman–Crippen MR) is 105 cm³/mol. The summed E-state index contributed by atoms with van der Waals surface area (Å²) >= 11 is 1.49. The molecule has 1 amide bonds. The standard InChI is InChI=1S/C18H18FN5O3S2/c1-11-16(10-23-29(26,27)15-5-3-13(19)4-6-15)21-9-17(24-11)18(25)22-8-14-7-20-12(2)28-14/h3-7,9,23H,8,10H2,1-2H3,(H,22,25). The Bertz CT molecular complexity index is 1130. The minimum absolute atomic E-state index is 0.0567. The number of amides is 1. The Morgan fingerprint density at radius 1 is 1.10 bits per heavy atom. The van der Waals surface area contributed by atoms with Gasteiger partial charge in [0, 0.05) is 11.1 Å². The molecule has 152 valence electrons. The second kappa shape index (κ2) is 8.72. The van der Waals surface area contributed by atoms with Gasteiger partial charge >= 0.3 is 0 Å². The highest BCUT2D eigenvalue weighted by Crippen LogP contribution is 2.12. The van der Waals surface area contributed by atoms with Crippen molar-refractivity contribution in [2.24, 2.45) is 0 Å². The number of rotatable bonds is 7. The molecule has 2 N–H and O–H groups in total. The number of carbonyl (C=O) groups excluding carboxylic acids is 1. The lowest BCUT2D eigenvalue weighted by Gasteiger charge is -2.09. The molecule has 0 saturated carbocycles. The molecule has 0 saturated heterocycles. The number of sulfonamides is 1. The molecule has 8 nitrogen and oxygen atoms in total. The van der Waals surface area contributed by atoms with Crippen LogP contribution in [0.5, 0.6) is 0 Å². The average Bonchev–Trinajstić information content (AvgIpc) is 3.10. The van der Waals surface area contributed by atoms with E-state index in [2.05, 4.69) is 25.0 Å². The molecule has 2 heterocycles.